The standard InChI is InChI=1S/C7H5N3O/c1-3-8-4-2-6(1)7-9-5-10-11-7/h1-5H. The van der Waals surface area contributed by atoms with Gasteiger partial charge in [0.15, 0.2) is 6.33 Å². The average molecular weight is 147 g/mol. The Kier molecular flexibility index (Phi) is 1.37. The molecule has 0 spiro atoms. The van der Waals surface area contributed by atoms with Gasteiger partial charge in [-0.25, -0.2) is 0 Å². The Morgan fingerprint density at radius 2 is 2.00 bits per heavy atom. The summed E-state index contributed by atoms with van der Waals surface area (Å²) in [5, 5.41) is 3.49. The third-order valence-electron chi connectivity index (χ3n) is 1.29. The second-order valence-corrected chi connectivity index (χ2v) is 1.98. The molecule has 2 aromatic heterocycles. The van der Waals surface area contributed by atoms with Gasteiger partial charge in [-0.05, 0) is 12.1 Å². The monoisotopic (exact) mass is 147 g/mol. The zero-order valence-electron chi connectivity index (χ0n) is 5.64. The van der Waals surface area contributed by atoms with E-state index < -0.39 is 0 Å². The van der Waals surface area contributed by atoms with Crippen molar-refractivity contribution in [2.75, 3.05) is 0 Å². The molecular formula is C7H5N3O. The van der Waals surface area contributed by atoms with Gasteiger partial charge in [0, 0.05) is 18.0 Å². The van der Waals surface area contributed by atoms with Crippen molar-refractivity contribution in [2.24, 2.45) is 0 Å². The molecule has 0 radical (unpaired) electrons. The number of rotatable bonds is 1. The maximum absolute atomic E-state index is 4.83. The van der Waals surface area contributed by atoms with E-state index in [1.807, 2.05) is 12.1 Å². The van der Waals surface area contributed by atoms with Crippen LogP contribution in [0.15, 0.2) is 35.4 Å². The van der Waals surface area contributed by atoms with Crippen LogP contribution in [0.25, 0.3) is 11.5 Å². The van der Waals surface area contributed by atoms with E-state index in [9.17, 15) is 0 Å². The Labute approximate surface area is 62.9 Å². The van der Waals surface area contributed by atoms with E-state index in [1.165, 1.54) is 6.33 Å². The van der Waals surface area contributed by atoms with Crippen molar-refractivity contribution in [1.29, 1.82) is 0 Å². The highest BCUT2D eigenvalue weighted by atomic mass is 16.5. The summed E-state index contributed by atoms with van der Waals surface area (Å²) in [4.78, 5) is 7.75. The van der Waals surface area contributed by atoms with E-state index in [0.717, 1.165) is 5.56 Å². The van der Waals surface area contributed by atoms with Crippen LogP contribution in [0, 0.1) is 0 Å². The molecule has 4 nitrogen and oxygen atoms in total. The quantitative estimate of drug-likeness (QED) is 0.606. The first-order valence-electron chi connectivity index (χ1n) is 3.14. The zero-order valence-corrected chi connectivity index (χ0v) is 5.64. The number of hydrogen-bond acceptors (Lipinski definition) is 4. The first-order valence-corrected chi connectivity index (χ1v) is 3.14. The molecule has 0 aliphatic heterocycles. The predicted molar refractivity (Wildman–Crippen MR) is 37.5 cm³/mol. The lowest BCUT2D eigenvalue weighted by atomic mass is 10.3. The first-order chi connectivity index (χ1) is 5.47. The van der Waals surface area contributed by atoms with Gasteiger partial charge in [0.1, 0.15) is 0 Å². The van der Waals surface area contributed by atoms with Crippen molar-refractivity contribution < 1.29 is 4.52 Å². The van der Waals surface area contributed by atoms with Gasteiger partial charge in [0.2, 0.25) is 0 Å². The second kappa shape index (κ2) is 2.49. The molecular weight excluding hydrogens is 142 g/mol. The van der Waals surface area contributed by atoms with Crippen LogP contribution in [0.2, 0.25) is 0 Å². The average Bonchev–Trinajstić information content (AvgIpc) is 2.58. The van der Waals surface area contributed by atoms with Gasteiger partial charge in [0.05, 0.1) is 0 Å². The highest BCUT2D eigenvalue weighted by Crippen LogP contribution is 2.12. The van der Waals surface area contributed by atoms with E-state index in [2.05, 4.69) is 15.1 Å². The number of pyridine rings is 1. The summed E-state index contributed by atoms with van der Waals surface area (Å²) in [5.41, 5.74) is 0.887. The molecule has 0 atom stereocenters. The van der Waals surface area contributed by atoms with Crippen LogP contribution in [0.5, 0.6) is 0 Å². The molecule has 0 aliphatic carbocycles. The normalized spacial score (nSPS) is 9.82. The summed E-state index contributed by atoms with van der Waals surface area (Å²) < 4.78 is 4.83. The van der Waals surface area contributed by atoms with Crippen LogP contribution >= 0.6 is 0 Å². The van der Waals surface area contributed by atoms with Gasteiger partial charge in [-0.15, -0.1) is 0 Å². The maximum Gasteiger partial charge on any atom is 0.257 e. The summed E-state index contributed by atoms with van der Waals surface area (Å²) in [6.07, 6.45) is 4.73. The highest BCUT2D eigenvalue weighted by molar-refractivity contribution is 5.50. The molecule has 4 heteroatoms. The van der Waals surface area contributed by atoms with Crippen LogP contribution < -0.4 is 0 Å². The third kappa shape index (κ3) is 1.10. The van der Waals surface area contributed by atoms with E-state index in [0.29, 0.717) is 5.89 Å². The van der Waals surface area contributed by atoms with Crippen LogP contribution in [-0.2, 0) is 0 Å². The van der Waals surface area contributed by atoms with Gasteiger partial charge in [0.25, 0.3) is 5.89 Å². The van der Waals surface area contributed by atoms with Crippen molar-refractivity contribution >= 4 is 0 Å². The molecule has 0 amide bonds. The van der Waals surface area contributed by atoms with Crippen molar-refractivity contribution in [3.05, 3.63) is 30.9 Å². The fourth-order valence-corrected chi connectivity index (χ4v) is 0.795. The number of hydrogen-bond donors (Lipinski definition) is 0. The second-order valence-electron chi connectivity index (χ2n) is 1.98. The van der Waals surface area contributed by atoms with E-state index in [1.54, 1.807) is 12.4 Å². The summed E-state index contributed by atoms with van der Waals surface area (Å²) in [6.45, 7) is 0. The summed E-state index contributed by atoms with van der Waals surface area (Å²) in [7, 11) is 0. The molecule has 2 heterocycles. The predicted octanol–water partition coefficient (Wildman–Crippen LogP) is 1.13. The fourth-order valence-electron chi connectivity index (χ4n) is 0.795. The summed E-state index contributed by atoms with van der Waals surface area (Å²) in [5.74, 6) is 0.521. The number of nitrogens with zero attached hydrogens (tertiary/aromatic N) is 3. The van der Waals surface area contributed by atoms with Crippen LogP contribution in [0.4, 0.5) is 0 Å². The van der Waals surface area contributed by atoms with Gasteiger partial charge in [-0.1, -0.05) is 5.16 Å². The van der Waals surface area contributed by atoms with Crippen molar-refractivity contribution in [2.45, 2.75) is 0 Å². The molecule has 0 aromatic carbocycles. The highest BCUT2D eigenvalue weighted by Gasteiger charge is 2.00. The number of aromatic nitrogens is 3. The van der Waals surface area contributed by atoms with E-state index in [-0.39, 0.29) is 0 Å². The molecule has 0 bridgehead atoms. The van der Waals surface area contributed by atoms with E-state index >= 15 is 0 Å². The van der Waals surface area contributed by atoms with Crippen LogP contribution in [-0.4, -0.2) is 15.1 Å². The van der Waals surface area contributed by atoms with Crippen molar-refractivity contribution in [3.8, 4) is 11.5 Å². The summed E-state index contributed by atoms with van der Waals surface area (Å²) in [6, 6.07) is 3.63. The van der Waals surface area contributed by atoms with Crippen molar-refractivity contribution in [1.82, 2.24) is 15.1 Å². The van der Waals surface area contributed by atoms with Crippen LogP contribution in [0.1, 0.15) is 0 Å². The maximum atomic E-state index is 4.83. The molecule has 0 N–H and O–H groups in total. The molecule has 2 aromatic rings. The first kappa shape index (κ1) is 6.03. The molecule has 0 aliphatic rings. The molecule has 11 heavy (non-hydrogen) atoms. The SMILES string of the molecule is c1cc(-c2ncno2)ccn1. The lowest BCUT2D eigenvalue weighted by Crippen LogP contribution is -1.76. The van der Waals surface area contributed by atoms with E-state index in [4.69, 9.17) is 4.52 Å². The van der Waals surface area contributed by atoms with Gasteiger partial charge in [-0.3, -0.25) is 4.98 Å². The molecule has 2 rings (SSSR count). The van der Waals surface area contributed by atoms with Gasteiger partial charge < -0.3 is 4.52 Å². The lowest BCUT2D eigenvalue weighted by Gasteiger charge is -1.88. The Morgan fingerprint density at radius 3 is 2.64 bits per heavy atom. The molecule has 0 unspecified atom stereocenters. The van der Waals surface area contributed by atoms with Gasteiger partial charge in [-0.2, -0.15) is 4.98 Å². The zero-order chi connectivity index (χ0) is 7.52. The van der Waals surface area contributed by atoms with Gasteiger partial charge >= 0.3 is 0 Å². The fraction of sp³-hybridized carbons (Fsp3) is 0. The Balaban J connectivity index is 2.46. The molecule has 0 saturated heterocycles. The lowest BCUT2D eigenvalue weighted by molar-refractivity contribution is 0.430. The third-order valence-corrected chi connectivity index (χ3v) is 1.29. The van der Waals surface area contributed by atoms with Crippen molar-refractivity contribution in [3.63, 3.8) is 0 Å². The molecule has 0 fully saturated rings. The minimum Gasteiger partial charge on any atom is -0.334 e. The topological polar surface area (TPSA) is 51.8 Å². The Hall–Kier alpha value is -1.71. The molecule has 0 saturated carbocycles. The smallest absolute Gasteiger partial charge is 0.257 e. The summed E-state index contributed by atoms with van der Waals surface area (Å²) >= 11 is 0. The Morgan fingerprint density at radius 1 is 1.18 bits per heavy atom. The minimum atomic E-state index is 0.521. The van der Waals surface area contributed by atoms with Crippen LogP contribution in [0.3, 0.4) is 0 Å². The molecule has 54 valence electrons. The Bertz CT molecular complexity index is 317. The minimum absolute atomic E-state index is 0.521. The largest absolute Gasteiger partial charge is 0.334 e.